The molecule has 10 heteroatoms. The van der Waals surface area contributed by atoms with Crippen molar-refractivity contribution < 1.29 is 9.90 Å². The summed E-state index contributed by atoms with van der Waals surface area (Å²) >= 11 is 6.18. The Morgan fingerprint density at radius 2 is 1.81 bits per heavy atom. The van der Waals surface area contributed by atoms with E-state index in [1.807, 2.05) is 59.6 Å². The number of amides is 1. The molecule has 0 saturated carbocycles. The average molecular weight is 519 g/mol. The van der Waals surface area contributed by atoms with Gasteiger partial charge in [0.15, 0.2) is 0 Å². The monoisotopic (exact) mass is 518 g/mol. The highest BCUT2D eigenvalue weighted by molar-refractivity contribution is 6.30. The zero-order valence-corrected chi connectivity index (χ0v) is 21.1. The van der Waals surface area contributed by atoms with E-state index in [4.69, 9.17) is 26.7 Å². The van der Waals surface area contributed by atoms with E-state index in [2.05, 4.69) is 5.32 Å². The van der Waals surface area contributed by atoms with Gasteiger partial charge in [-0.05, 0) is 47.0 Å². The molecule has 2 N–H and O–H groups in total. The van der Waals surface area contributed by atoms with Crippen LogP contribution in [0.4, 0.5) is 11.8 Å². The minimum absolute atomic E-state index is 0.0674. The number of aryl methyl sites for hydroxylation is 1. The molecule has 2 aromatic carbocycles. The predicted molar refractivity (Wildman–Crippen MR) is 145 cm³/mol. The standard InChI is InChI=1S/C27H27ClN6O3/c1-32-16-20(6-8-24(32)36)19-5-7-23-22(14-19)26(29-15-18-3-2-4-21(28)13-18)31-27(30-23)34-11-9-33(10-12-34)25(37)17-35/h2-8,13-14,16,35H,9-12,15,17H2,1H3,(H,29,30,31). The van der Waals surface area contributed by atoms with Crippen molar-refractivity contribution in [2.45, 2.75) is 6.54 Å². The van der Waals surface area contributed by atoms with Gasteiger partial charge in [-0.15, -0.1) is 0 Å². The second-order valence-corrected chi connectivity index (χ2v) is 9.42. The Balaban J connectivity index is 1.51. The molecule has 0 unspecified atom stereocenters. The lowest BCUT2D eigenvalue weighted by Crippen LogP contribution is -2.50. The van der Waals surface area contributed by atoms with Gasteiger partial charge in [0.05, 0.1) is 5.52 Å². The van der Waals surface area contributed by atoms with Gasteiger partial charge in [-0.25, -0.2) is 4.98 Å². The third kappa shape index (κ3) is 5.42. The van der Waals surface area contributed by atoms with Gasteiger partial charge < -0.3 is 24.8 Å². The molecule has 9 nitrogen and oxygen atoms in total. The van der Waals surface area contributed by atoms with Crippen LogP contribution in [0.3, 0.4) is 0 Å². The van der Waals surface area contributed by atoms with Gasteiger partial charge >= 0.3 is 0 Å². The molecule has 4 aromatic rings. The number of piperazine rings is 1. The smallest absolute Gasteiger partial charge is 0.250 e. The maximum atomic E-state index is 11.9. The van der Waals surface area contributed by atoms with Crippen molar-refractivity contribution in [3.05, 3.63) is 81.7 Å². The fourth-order valence-corrected chi connectivity index (χ4v) is 4.64. The molecular weight excluding hydrogens is 492 g/mol. The van der Waals surface area contributed by atoms with Gasteiger partial charge in [0, 0.05) is 62.4 Å². The molecular formula is C27H27ClN6O3. The summed E-state index contributed by atoms with van der Waals surface area (Å²) in [6, 6.07) is 17.0. The summed E-state index contributed by atoms with van der Waals surface area (Å²) in [6.45, 7) is 2.18. The molecule has 2 aromatic heterocycles. The van der Waals surface area contributed by atoms with Crippen LogP contribution in [0, 0.1) is 0 Å². The number of carbonyl (C=O) groups excluding carboxylic acids is 1. The quantitative estimate of drug-likeness (QED) is 0.404. The van der Waals surface area contributed by atoms with Crippen LogP contribution in [-0.4, -0.2) is 63.2 Å². The van der Waals surface area contributed by atoms with Crippen LogP contribution in [0.2, 0.25) is 5.02 Å². The molecule has 190 valence electrons. The van der Waals surface area contributed by atoms with E-state index in [0.717, 1.165) is 27.6 Å². The van der Waals surface area contributed by atoms with E-state index < -0.39 is 6.61 Å². The van der Waals surface area contributed by atoms with Crippen molar-refractivity contribution in [1.82, 2.24) is 19.4 Å². The van der Waals surface area contributed by atoms with Gasteiger partial charge in [0.25, 0.3) is 0 Å². The van der Waals surface area contributed by atoms with E-state index in [1.165, 1.54) is 0 Å². The van der Waals surface area contributed by atoms with E-state index in [0.29, 0.717) is 49.5 Å². The molecule has 1 aliphatic heterocycles. The summed E-state index contributed by atoms with van der Waals surface area (Å²) in [7, 11) is 1.73. The number of aliphatic hydroxyl groups excluding tert-OH is 1. The Kier molecular flexibility index (Phi) is 7.07. The highest BCUT2D eigenvalue weighted by Crippen LogP contribution is 2.29. The van der Waals surface area contributed by atoms with Crippen molar-refractivity contribution in [2.75, 3.05) is 43.0 Å². The average Bonchev–Trinajstić information content (AvgIpc) is 2.92. The van der Waals surface area contributed by atoms with Crippen LogP contribution < -0.4 is 15.8 Å². The number of aliphatic hydroxyl groups is 1. The van der Waals surface area contributed by atoms with Gasteiger partial charge in [-0.2, -0.15) is 4.98 Å². The van der Waals surface area contributed by atoms with Crippen molar-refractivity contribution in [1.29, 1.82) is 0 Å². The van der Waals surface area contributed by atoms with Crippen LogP contribution in [0.15, 0.2) is 65.6 Å². The van der Waals surface area contributed by atoms with Gasteiger partial charge in [0.1, 0.15) is 12.4 Å². The Morgan fingerprint density at radius 3 is 2.54 bits per heavy atom. The van der Waals surface area contributed by atoms with Crippen LogP contribution >= 0.6 is 11.6 Å². The number of fused-ring (bicyclic) bond motifs is 1. The number of pyridine rings is 1. The van der Waals surface area contributed by atoms with Crippen LogP contribution in [-0.2, 0) is 18.4 Å². The Labute approximate surface area is 218 Å². The number of nitrogens with zero attached hydrogens (tertiary/aromatic N) is 5. The first-order valence-corrected chi connectivity index (χ1v) is 12.4. The second kappa shape index (κ2) is 10.6. The van der Waals surface area contributed by atoms with Gasteiger partial charge in [0.2, 0.25) is 17.4 Å². The van der Waals surface area contributed by atoms with E-state index in [1.54, 1.807) is 22.6 Å². The fourth-order valence-electron chi connectivity index (χ4n) is 4.43. The minimum atomic E-state index is -0.484. The largest absolute Gasteiger partial charge is 0.387 e. The zero-order chi connectivity index (χ0) is 25.9. The van der Waals surface area contributed by atoms with Crippen LogP contribution in [0.25, 0.3) is 22.0 Å². The van der Waals surface area contributed by atoms with Crippen LogP contribution in [0.5, 0.6) is 0 Å². The second-order valence-electron chi connectivity index (χ2n) is 8.98. The van der Waals surface area contributed by atoms with E-state index in [9.17, 15) is 9.59 Å². The van der Waals surface area contributed by atoms with Crippen molar-refractivity contribution in [2.24, 2.45) is 7.05 Å². The maximum Gasteiger partial charge on any atom is 0.250 e. The summed E-state index contributed by atoms with van der Waals surface area (Å²) < 4.78 is 1.55. The first-order chi connectivity index (χ1) is 17.9. The number of benzene rings is 2. The zero-order valence-electron chi connectivity index (χ0n) is 20.4. The number of nitrogens with one attached hydrogen (secondary N) is 1. The summed E-state index contributed by atoms with van der Waals surface area (Å²) in [6.07, 6.45) is 1.81. The highest BCUT2D eigenvalue weighted by atomic mass is 35.5. The molecule has 0 atom stereocenters. The van der Waals surface area contributed by atoms with Crippen molar-refractivity contribution >= 4 is 40.2 Å². The molecule has 0 spiro atoms. The normalized spacial score (nSPS) is 13.7. The fraction of sp³-hybridized carbons (Fsp3) is 0.259. The molecule has 1 fully saturated rings. The molecule has 0 bridgehead atoms. The molecule has 0 aliphatic carbocycles. The van der Waals surface area contributed by atoms with E-state index >= 15 is 0 Å². The van der Waals surface area contributed by atoms with Gasteiger partial charge in [-0.3, -0.25) is 9.59 Å². The van der Waals surface area contributed by atoms with Crippen molar-refractivity contribution in [3.63, 3.8) is 0 Å². The molecule has 1 amide bonds. The number of carbonyl (C=O) groups is 1. The molecule has 0 radical (unpaired) electrons. The summed E-state index contributed by atoms with van der Waals surface area (Å²) in [5, 5.41) is 14.1. The maximum absolute atomic E-state index is 11.9. The number of anilines is 2. The number of halogens is 1. The topological polar surface area (TPSA) is 104 Å². The molecule has 37 heavy (non-hydrogen) atoms. The minimum Gasteiger partial charge on any atom is -0.387 e. The number of hydrogen-bond acceptors (Lipinski definition) is 7. The Bertz CT molecular complexity index is 1510. The molecule has 1 aliphatic rings. The summed E-state index contributed by atoms with van der Waals surface area (Å²) in [5.41, 5.74) is 3.59. The Hall–Kier alpha value is -3.95. The first kappa shape index (κ1) is 24.7. The third-order valence-corrected chi connectivity index (χ3v) is 6.74. The SMILES string of the molecule is Cn1cc(-c2ccc3nc(N4CCN(C(=O)CO)CC4)nc(NCc4cccc(Cl)c4)c3c2)ccc1=O. The number of hydrogen-bond donors (Lipinski definition) is 2. The predicted octanol–water partition coefficient (Wildman–Crippen LogP) is 2.90. The van der Waals surface area contributed by atoms with Crippen LogP contribution in [0.1, 0.15) is 5.56 Å². The van der Waals surface area contributed by atoms with Crippen molar-refractivity contribution in [3.8, 4) is 11.1 Å². The summed E-state index contributed by atoms with van der Waals surface area (Å²) in [4.78, 5) is 37.1. The van der Waals surface area contributed by atoms with E-state index in [-0.39, 0.29) is 11.5 Å². The van der Waals surface area contributed by atoms with Gasteiger partial charge in [-0.1, -0.05) is 29.8 Å². The lowest BCUT2D eigenvalue weighted by molar-refractivity contribution is -0.134. The molecule has 5 rings (SSSR count). The lowest BCUT2D eigenvalue weighted by Gasteiger charge is -2.34. The highest BCUT2D eigenvalue weighted by Gasteiger charge is 2.23. The molecule has 3 heterocycles. The molecule has 1 saturated heterocycles. The summed E-state index contributed by atoms with van der Waals surface area (Å²) in [5.74, 6) is 0.987. The number of rotatable bonds is 6. The lowest BCUT2D eigenvalue weighted by atomic mass is 10.0. The number of aromatic nitrogens is 3. The Morgan fingerprint density at radius 1 is 1.03 bits per heavy atom. The first-order valence-electron chi connectivity index (χ1n) is 12.0. The third-order valence-electron chi connectivity index (χ3n) is 6.50.